The van der Waals surface area contributed by atoms with Gasteiger partial charge in [-0.2, -0.15) is 0 Å². The van der Waals surface area contributed by atoms with Crippen LogP contribution in [0.25, 0.3) is 0 Å². The Labute approximate surface area is 232 Å². The highest BCUT2D eigenvalue weighted by Gasteiger charge is 2.31. The highest BCUT2D eigenvalue weighted by molar-refractivity contribution is 7.99. The summed E-state index contributed by atoms with van der Waals surface area (Å²) >= 11 is 13.5. The SMILES string of the molecule is CC[C@@H](C)NC(=O)[C@H](Cc1ccccc1)N(Cc1ccccc1F)C(=O)CSCc1ccc(Cl)c(Cl)c1. The number of hydrogen-bond acceptors (Lipinski definition) is 3. The summed E-state index contributed by atoms with van der Waals surface area (Å²) in [6.07, 6.45) is 1.07. The smallest absolute Gasteiger partial charge is 0.243 e. The molecular weight excluding hydrogens is 530 g/mol. The van der Waals surface area contributed by atoms with Crippen LogP contribution < -0.4 is 5.32 Å². The zero-order chi connectivity index (χ0) is 26.8. The number of hydrogen-bond donors (Lipinski definition) is 1. The zero-order valence-corrected chi connectivity index (χ0v) is 23.3. The molecule has 0 bridgehead atoms. The minimum Gasteiger partial charge on any atom is -0.352 e. The van der Waals surface area contributed by atoms with E-state index in [4.69, 9.17) is 23.2 Å². The number of benzene rings is 3. The molecule has 0 heterocycles. The van der Waals surface area contributed by atoms with Crippen molar-refractivity contribution >= 4 is 46.8 Å². The van der Waals surface area contributed by atoms with Crippen molar-refractivity contribution in [2.24, 2.45) is 0 Å². The molecule has 0 saturated carbocycles. The minimum absolute atomic E-state index is 0.00966. The fourth-order valence-electron chi connectivity index (χ4n) is 3.77. The number of carbonyl (C=O) groups is 2. The van der Waals surface area contributed by atoms with E-state index in [0.717, 1.165) is 17.5 Å². The maximum Gasteiger partial charge on any atom is 0.243 e. The normalized spacial score (nSPS) is 12.6. The van der Waals surface area contributed by atoms with Crippen LogP contribution in [0.2, 0.25) is 10.0 Å². The molecule has 8 heteroatoms. The van der Waals surface area contributed by atoms with Crippen molar-refractivity contribution in [1.82, 2.24) is 10.2 Å². The number of rotatable bonds is 12. The lowest BCUT2D eigenvalue weighted by molar-refractivity contribution is -0.139. The van der Waals surface area contributed by atoms with Crippen LogP contribution in [0.3, 0.4) is 0 Å². The van der Waals surface area contributed by atoms with Crippen molar-refractivity contribution in [1.29, 1.82) is 0 Å². The van der Waals surface area contributed by atoms with E-state index in [0.29, 0.717) is 27.8 Å². The molecule has 0 aliphatic rings. The van der Waals surface area contributed by atoms with Crippen molar-refractivity contribution in [2.75, 3.05) is 5.75 Å². The van der Waals surface area contributed by atoms with Crippen molar-refractivity contribution in [3.8, 4) is 0 Å². The van der Waals surface area contributed by atoms with Gasteiger partial charge in [0.25, 0.3) is 0 Å². The van der Waals surface area contributed by atoms with Crippen LogP contribution >= 0.6 is 35.0 Å². The Balaban J connectivity index is 1.86. The fraction of sp³-hybridized carbons (Fsp3) is 0.310. The minimum atomic E-state index is -0.797. The van der Waals surface area contributed by atoms with E-state index in [1.807, 2.05) is 50.2 Å². The first-order chi connectivity index (χ1) is 17.8. The molecule has 3 rings (SSSR count). The van der Waals surface area contributed by atoms with Gasteiger partial charge in [0.05, 0.1) is 15.8 Å². The van der Waals surface area contributed by atoms with E-state index in [9.17, 15) is 14.0 Å². The molecule has 0 unspecified atom stereocenters. The molecule has 0 saturated heterocycles. The van der Waals surface area contributed by atoms with E-state index in [2.05, 4.69) is 5.32 Å². The van der Waals surface area contributed by atoms with E-state index in [1.165, 1.54) is 22.7 Å². The quantitative estimate of drug-likeness (QED) is 0.261. The van der Waals surface area contributed by atoms with Gasteiger partial charge in [0, 0.05) is 30.3 Å². The summed E-state index contributed by atoms with van der Waals surface area (Å²) in [7, 11) is 0. The van der Waals surface area contributed by atoms with Crippen LogP contribution in [-0.2, 0) is 28.3 Å². The van der Waals surface area contributed by atoms with Gasteiger partial charge < -0.3 is 10.2 Å². The summed E-state index contributed by atoms with van der Waals surface area (Å²) in [4.78, 5) is 28.6. The van der Waals surface area contributed by atoms with Crippen LogP contribution in [0.4, 0.5) is 4.39 Å². The first-order valence-corrected chi connectivity index (χ1v) is 14.1. The summed E-state index contributed by atoms with van der Waals surface area (Å²) in [5.74, 6) is -0.245. The summed E-state index contributed by atoms with van der Waals surface area (Å²) in [5, 5.41) is 3.94. The Bertz CT molecular complexity index is 1200. The zero-order valence-electron chi connectivity index (χ0n) is 20.9. The Morgan fingerprint density at radius 2 is 1.68 bits per heavy atom. The molecule has 37 heavy (non-hydrogen) atoms. The lowest BCUT2D eigenvalue weighted by Gasteiger charge is -2.32. The average Bonchev–Trinajstić information content (AvgIpc) is 2.89. The molecule has 3 aromatic carbocycles. The van der Waals surface area contributed by atoms with E-state index < -0.39 is 11.9 Å². The van der Waals surface area contributed by atoms with Gasteiger partial charge in [-0.1, -0.05) is 84.7 Å². The second kappa shape index (κ2) is 14.4. The van der Waals surface area contributed by atoms with Gasteiger partial charge in [0.15, 0.2) is 0 Å². The Hall–Kier alpha value is -2.54. The fourth-order valence-corrected chi connectivity index (χ4v) is 4.95. The Kier molecular flexibility index (Phi) is 11.3. The molecule has 0 aliphatic heterocycles. The molecule has 1 N–H and O–H groups in total. The second-order valence-electron chi connectivity index (χ2n) is 8.88. The largest absolute Gasteiger partial charge is 0.352 e. The summed E-state index contributed by atoms with van der Waals surface area (Å²) in [6, 6.07) is 20.4. The molecule has 0 aromatic heterocycles. The lowest BCUT2D eigenvalue weighted by Crippen LogP contribution is -2.52. The summed E-state index contributed by atoms with van der Waals surface area (Å²) in [6.45, 7) is 3.90. The predicted molar refractivity (Wildman–Crippen MR) is 151 cm³/mol. The monoisotopic (exact) mass is 560 g/mol. The van der Waals surface area contributed by atoms with Gasteiger partial charge in [-0.25, -0.2) is 4.39 Å². The standard InChI is InChI=1S/C29H31Cl2FN2O2S/c1-3-20(2)33-29(36)27(16-21-9-5-4-6-10-21)34(17-23-11-7-8-12-26(23)32)28(35)19-37-18-22-13-14-24(30)25(31)15-22/h4-15,20,27H,3,16-19H2,1-2H3,(H,33,36)/t20-,27+/m1/s1. The Morgan fingerprint density at radius 1 is 0.973 bits per heavy atom. The van der Waals surface area contributed by atoms with Crippen LogP contribution in [0.5, 0.6) is 0 Å². The first kappa shape index (κ1) is 29.0. The van der Waals surface area contributed by atoms with Crippen molar-refractivity contribution in [3.05, 3.63) is 105 Å². The first-order valence-electron chi connectivity index (χ1n) is 12.2. The third kappa shape index (κ3) is 8.77. The van der Waals surface area contributed by atoms with Gasteiger partial charge in [-0.3, -0.25) is 9.59 Å². The third-order valence-electron chi connectivity index (χ3n) is 6.05. The van der Waals surface area contributed by atoms with Gasteiger partial charge in [0.2, 0.25) is 11.8 Å². The number of carbonyl (C=O) groups excluding carboxylic acids is 2. The molecule has 0 fully saturated rings. The molecule has 2 atom stereocenters. The number of nitrogens with zero attached hydrogens (tertiary/aromatic N) is 1. The summed E-state index contributed by atoms with van der Waals surface area (Å²) < 4.78 is 14.6. The number of thioether (sulfide) groups is 1. The molecular formula is C29H31Cl2FN2O2S. The topological polar surface area (TPSA) is 49.4 Å². The van der Waals surface area contributed by atoms with Gasteiger partial charge >= 0.3 is 0 Å². The van der Waals surface area contributed by atoms with E-state index in [-0.39, 0.29) is 30.2 Å². The third-order valence-corrected chi connectivity index (χ3v) is 7.78. The number of nitrogens with one attached hydrogen (secondary N) is 1. The maximum absolute atomic E-state index is 14.6. The van der Waals surface area contributed by atoms with Crippen LogP contribution in [-0.4, -0.2) is 34.6 Å². The molecule has 196 valence electrons. The maximum atomic E-state index is 14.6. The van der Waals surface area contributed by atoms with E-state index in [1.54, 1.807) is 30.3 Å². The van der Waals surface area contributed by atoms with Gasteiger partial charge in [-0.05, 0) is 42.7 Å². The number of amides is 2. The van der Waals surface area contributed by atoms with Gasteiger partial charge in [0.1, 0.15) is 11.9 Å². The second-order valence-corrected chi connectivity index (χ2v) is 10.7. The molecule has 4 nitrogen and oxygen atoms in total. The molecule has 3 aromatic rings. The number of halogens is 3. The summed E-state index contributed by atoms with van der Waals surface area (Å²) in [5.41, 5.74) is 2.21. The highest BCUT2D eigenvalue weighted by Crippen LogP contribution is 2.25. The van der Waals surface area contributed by atoms with E-state index >= 15 is 0 Å². The van der Waals surface area contributed by atoms with Crippen molar-refractivity contribution in [2.45, 2.75) is 51.1 Å². The highest BCUT2D eigenvalue weighted by atomic mass is 35.5. The molecule has 0 radical (unpaired) electrons. The molecule has 0 aliphatic carbocycles. The van der Waals surface area contributed by atoms with Gasteiger partial charge in [-0.15, -0.1) is 11.8 Å². The molecule has 2 amide bonds. The lowest BCUT2D eigenvalue weighted by atomic mass is 10.0. The van der Waals surface area contributed by atoms with Crippen molar-refractivity contribution < 1.29 is 14.0 Å². The molecule has 0 spiro atoms. The van der Waals surface area contributed by atoms with Crippen LogP contribution in [0.15, 0.2) is 72.8 Å². The van der Waals surface area contributed by atoms with Crippen LogP contribution in [0, 0.1) is 5.82 Å². The van der Waals surface area contributed by atoms with Crippen LogP contribution in [0.1, 0.15) is 37.0 Å². The Morgan fingerprint density at radius 3 is 2.35 bits per heavy atom. The van der Waals surface area contributed by atoms with Crippen molar-refractivity contribution in [3.63, 3.8) is 0 Å². The average molecular weight is 562 g/mol. The predicted octanol–water partition coefficient (Wildman–Crippen LogP) is 6.92.